The van der Waals surface area contributed by atoms with E-state index in [-0.39, 0.29) is 60.7 Å². The summed E-state index contributed by atoms with van der Waals surface area (Å²) >= 11 is 0. The first kappa shape index (κ1) is 54.5. The van der Waals surface area contributed by atoms with E-state index in [1.165, 1.54) is 23.5 Å². The Morgan fingerprint density at radius 2 is 1.44 bits per heavy atom. The second kappa shape index (κ2) is 26.9. The summed E-state index contributed by atoms with van der Waals surface area (Å²) in [5.41, 5.74) is 0.700. The molecule has 1 aromatic carbocycles. The van der Waals surface area contributed by atoms with Gasteiger partial charge in [-0.2, -0.15) is 13.2 Å². The lowest BCUT2D eigenvalue weighted by Crippen LogP contribution is -2.49. The molecular formula is C47H63F3N6O10. The van der Waals surface area contributed by atoms with Crippen LogP contribution in [0.4, 0.5) is 13.2 Å². The number of ketones is 4. The molecule has 4 N–H and O–H groups in total. The van der Waals surface area contributed by atoms with Crippen molar-refractivity contribution in [2.45, 2.75) is 141 Å². The summed E-state index contributed by atoms with van der Waals surface area (Å²) in [6.45, 7) is 3.80. The van der Waals surface area contributed by atoms with Crippen molar-refractivity contribution in [3.05, 3.63) is 60.2 Å². The fraction of sp³-hybridized carbons (Fsp3) is 0.596. The Morgan fingerprint density at radius 1 is 0.803 bits per heavy atom. The van der Waals surface area contributed by atoms with Gasteiger partial charge in [-0.3, -0.25) is 43.3 Å². The van der Waals surface area contributed by atoms with Gasteiger partial charge < -0.3 is 26.0 Å². The maximum atomic E-state index is 14.0. The van der Waals surface area contributed by atoms with E-state index in [1.54, 1.807) is 44.4 Å². The molecule has 2 fully saturated rings. The molecule has 4 amide bonds. The molecule has 4 rings (SSSR count). The number of carbonyl (C=O) groups is 9. The smallest absolute Gasteiger partial charge is 0.475 e. The summed E-state index contributed by atoms with van der Waals surface area (Å²) in [7, 11) is 3.16. The highest BCUT2D eigenvalue weighted by molar-refractivity contribution is 6.38. The molecule has 19 heteroatoms. The van der Waals surface area contributed by atoms with Crippen molar-refractivity contribution in [3.63, 3.8) is 0 Å². The van der Waals surface area contributed by atoms with Crippen molar-refractivity contribution >= 4 is 52.7 Å². The minimum absolute atomic E-state index is 0.0485. The normalized spacial score (nSPS) is 17.9. The molecule has 2 aromatic rings. The lowest BCUT2D eigenvalue weighted by molar-refractivity contribution is -0.192. The molecule has 16 nitrogen and oxygen atoms in total. The number of alkyl halides is 3. The minimum Gasteiger partial charge on any atom is -0.475 e. The zero-order chi connectivity index (χ0) is 49.0. The molecule has 2 aliphatic carbocycles. The first-order valence-electron chi connectivity index (χ1n) is 22.6. The van der Waals surface area contributed by atoms with Gasteiger partial charge in [-0.15, -0.1) is 0 Å². The highest BCUT2D eigenvalue weighted by Crippen LogP contribution is 2.32. The van der Waals surface area contributed by atoms with Gasteiger partial charge >= 0.3 is 12.1 Å². The van der Waals surface area contributed by atoms with Crippen LogP contribution in [-0.2, 0) is 38.4 Å². The predicted octanol–water partition coefficient (Wildman–Crippen LogP) is 5.69. The van der Waals surface area contributed by atoms with Gasteiger partial charge in [0.1, 0.15) is 17.5 Å². The molecule has 2 saturated carbocycles. The summed E-state index contributed by atoms with van der Waals surface area (Å²) in [5.74, 6) is -8.41. The lowest BCUT2D eigenvalue weighted by Gasteiger charge is -2.31. The number of hydrogen-bond acceptors (Lipinski definition) is 11. The average molecular weight is 929 g/mol. The minimum atomic E-state index is -5.08. The second-order valence-corrected chi connectivity index (χ2v) is 17.1. The summed E-state index contributed by atoms with van der Waals surface area (Å²) in [5, 5.41) is 15.8. The molecule has 0 spiro atoms. The Kier molecular flexibility index (Phi) is 22.2. The number of nitrogens with zero attached hydrogens (tertiary/aromatic N) is 3. The van der Waals surface area contributed by atoms with E-state index in [0.717, 1.165) is 32.1 Å². The van der Waals surface area contributed by atoms with Gasteiger partial charge in [-0.25, -0.2) is 9.78 Å². The van der Waals surface area contributed by atoms with Crippen LogP contribution >= 0.6 is 0 Å². The van der Waals surface area contributed by atoms with Crippen LogP contribution in [0, 0.1) is 23.7 Å². The number of Topliss-reactive ketones (excluding diaryl/α,β-unsaturated/α-hetero) is 4. The van der Waals surface area contributed by atoms with Crippen molar-refractivity contribution in [2.24, 2.45) is 23.7 Å². The number of rotatable bonds is 23. The van der Waals surface area contributed by atoms with Gasteiger partial charge in [0.05, 0.1) is 12.2 Å². The third-order valence-corrected chi connectivity index (χ3v) is 11.9. The van der Waals surface area contributed by atoms with Gasteiger partial charge in [-0.1, -0.05) is 82.7 Å². The van der Waals surface area contributed by atoms with Crippen molar-refractivity contribution < 1.29 is 61.4 Å². The molecule has 0 saturated heterocycles. The van der Waals surface area contributed by atoms with E-state index in [4.69, 9.17) is 9.90 Å². The second-order valence-electron chi connectivity index (χ2n) is 17.1. The van der Waals surface area contributed by atoms with E-state index in [2.05, 4.69) is 25.9 Å². The van der Waals surface area contributed by atoms with Gasteiger partial charge in [0.2, 0.25) is 23.5 Å². The van der Waals surface area contributed by atoms with Crippen molar-refractivity contribution in [2.75, 3.05) is 14.1 Å². The topological polar surface area (TPSA) is 239 Å². The fourth-order valence-corrected chi connectivity index (χ4v) is 8.49. The Bertz CT molecular complexity index is 1980. The van der Waals surface area contributed by atoms with Crippen LogP contribution in [0.25, 0.3) is 0 Å². The number of carboxylic acid groups (broad SMARTS) is 1. The van der Waals surface area contributed by atoms with Crippen LogP contribution in [0.2, 0.25) is 0 Å². The molecule has 0 unspecified atom stereocenters. The van der Waals surface area contributed by atoms with Gasteiger partial charge in [0.25, 0.3) is 5.91 Å². The molecule has 0 radical (unpaired) electrons. The van der Waals surface area contributed by atoms with Gasteiger partial charge in [-0.05, 0) is 50.0 Å². The number of halogens is 3. The molecule has 1 heterocycles. The molecule has 0 bridgehead atoms. The SMILES string of the molecule is CCC[C@H](CC(=O)[C@@H](NC(=O)c1cnccn1)C1CCCCC1)C(=O)N[C@H]1CCC[C@H]1C(=O)C[C@@H](CCC)C(=O)C(=O)CCC(=O)N[C@H](C(=O)N(C)C)c1ccccc1.O=C(O)C(F)(F)F. The Morgan fingerprint density at radius 3 is 2.02 bits per heavy atom. The van der Waals surface area contributed by atoms with E-state index in [9.17, 15) is 51.5 Å². The first-order valence-corrected chi connectivity index (χ1v) is 22.6. The summed E-state index contributed by atoms with van der Waals surface area (Å²) in [4.78, 5) is 125. The Balaban J connectivity index is 0.00000152. The summed E-state index contributed by atoms with van der Waals surface area (Å²) < 4.78 is 31.7. The number of amides is 4. The number of aliphatic carboxylic acids is 1. The molecule has 2 aliphatic rings. The average Bonchev–Trinajstić information content (AvgIpc) is 3.77. The Hall–Kier alpha value is -5.88. The Labute approximate surface area is 383 Å². The number of carboxylic acids is 1. The molecular weight excluding hydrogens is 866 g/mol. The maximum Gasteiger partial charge on any atom is 0.490 e. The maximum absolute atomic E-state index is 14.0. The number of nitrogens with one attached hydrogen (secondary N) is 3. The molecule has 66 heavy (non-hydrogen) atoms. The van der Waals surface area contributed by atoms with Crippen LogP contribution < -0.4 is 16.0 Å². The quantitative estimate of drug-likeness (QED) is 0.0984. The predicted molar refractivity (Wildman–Crippen MR) is 234 cm³/mol. The van der Waals surface area contributed by atoms with E-state index < -0.39 is 71.4 Å². The number of benzene rings is 1. The van der Waals surface area contributed by atoms with E-state index in [1.807, 2.05) is 13.8 Å². The fourth-order valence-electron chi connectivity index (χ4n) is 8.49. The van der Waals surface area contributed by atoms with Gasteiger partial charge in [0, 0.05) is 76.0 Å². The van der Waals surface area contributed by atoms with Crippen LogP contribution in [0.15, 0.2) is 48.9 Å². The summed E-state index contributed by atoms with van der Waals surface area (Å²) in [6, 6.07) is 6.55. The van der Waals surface area contributed by atoms with E-state index >= 15 is 0 Å². The number of likely N-dealkylation sites (N-methyl/N-ethyl adjacent to an activating group) is 1. The molecule has 0 aliphatic heterocycles. The summed E-state index contributed by atoms with van der Waals surface area (Å²) in [6.07, 6.45) is 6.61. The van der Waals surface area contributed by atoms with Crippen LogP contribution in [0.5, 0.6) is 0 Å². The third-order valence-electron chi connectivity index (χ3n) is 11.9. The van der Waals surface area contributed by atoms with E-state index in [0.29, 0.717) is 50.5 Å². The lowest BCUT2D eigenvalue weighted by atomic mass is 9.80. The first-order chi connectivity index (χ1) is 31.3. The molecule has 362 valence electrons. The number of hydrogen-bond donors (Lipinski definition) is 4. The number of aromatic nitrogens is 2. The van der Waals surface area contributed by atoms with Crippen LogP contribution in [0.1, 0.15) is 139 Å². The largest absolute Gasteiger partial charge is 0.490 e. The van der Waals surface area contributed by atoms with Crippen molar-refractivity contribution in [1.29, 1.82) is 0 Å². The van der Waals surface area contributed by atoms with Crippen molar-refractivity contribution in [3.8, 4) is 0 Å². The van der Waals surface area contributed by atoms with Crippen LogP contribution in [0.3, 0.4) is 0 Å². The highest BCUT2D eigenvalue weighted by Gasteiger charge is 2.40. The standard InChI is InChI=1S/C45H62N6O8.C2HF3O2/c1-5-14-31(42(56)36(52)22-23-39(55)49-41(45(59)51(3)4)30-18-11-8-12-19-30)26-37(53)33-20-13-21-34(33)48-43(57)32(15-6-2)27-38(54)40(29-16-9-7-10-17-29)50-44(58)35-28-46-24-25-47-35;3-2(4,5)1(6)7/h8,11-12,18-19,24-25,28-29,31-34,40-41H,5-7,9-10,13-17,20-23,26-27H2,1-4H3,(H,48,57)(H,49,55)(H,50,58);(H,6,7)/t31-,32-,33-,34+,40+,41+;/m1./s1. The molecule has 6 atom stereocenters. The number of carbonyl (C=O) groups excluding carboxylic acids is 8. The monoisotopic (exact) mass is 928 g/mol. The molecule has 1 aromatic heterocycles. The van der Waals surface area contributed by atoms with Gasteiger partial charge in [0.15, 0.2) is 11.6 Å². The highest BCUT2D eigenvalue weighted by atomic mass is 19.4. The zero-order valence-corrected chi connectivity index (χ0v) is 38.1. The van der Waals surface area contributed by atoms with Crippen molar-refractivity contribution in [1.82, 2.24) is 30.8 Å². The third kappa shape index (κ3) is 17.2. The zero-order valence-electron chi connectivity index (χ0n) is 38.1. The van der Waals surface area contributed by atoms with Crippen LogP contribution in [-0.4, -0.2) is 105 Å².